The number of nitrogens with zero attached hydrogens (tertiary/aromatic N) is 3. The fourth-order valence-electron chi connectivity index (χ4n) is 1.66. The largest absolute Gasteiger partial charge is 0.292 e. The molecule has 2 aromatic rings. The van der Waals surface area contributed by atoms with Crippen molar-refractivity contribution in [3.63, 3.8) is 0 Å². The van der Waals surface area contributed by atoms with Crippen LogP contribution in [0.3, 0.4) is 0 Å². The van der Waals surface area contributed by atoms with Crippen LogP contribution in [-0.2, 0) is 13.5 Å². The van der Waals surface area contributed by atoms with Gasteiger partial charge in [-0.1, -0.05) is 11.6 Å². The third kappa shape index (κ3) is 2.41. The van der Waals surface area contributed by atoms with E-state index in [0.29, 0.717) is 16.4 Å². The molecule has 0 aliphatic carbocycles. The summed E-state index contributed by atoms with van der Waals surface area (Å²) in [4.78, 5) is 15.7. The predicted molar refractivity (Wildman–Crippen MR) is 65.2 cm³/mol. The third-order valence-electron chi connectivity index (χ3n) is 2.60. The maximum Gasteiger partial charge on any atom is 0.187 e. The van der Waals surface area contributed by atoms with E-state index in [1.165, 1.54) is 12.1 Å². The van der Waals surface area contributed by atoms with Crippen molar-refractivity contribution in [1.29, 1.82) is 0 Å². The number of aromatic nitrogens is 3. The van der Waals surface area contributed by atoms with Gasteiger partial charge in [-0.05, 0) is 19.1 Å². The van der Waals surface area contributed by atoms with Crippen molar-refractivity contribution in [2.24, 2.45) is 7.05 Å². The van der Waals surface area contributed by atoms with E-state index in [0.717, 1.165) is 6.20 Å². The molecule has 0 aliphatic rings. The average molecular weight is 268 g/mol. The number of hydrogen-bond acceptors (Lipinski definition) is 3. The van der Waals surface area contributed by atoms with Crippen molar-refractivity contribution in [1.82, 2.24) is 14.8 Å². The van der Waals surface area contributed by atoms with Crippen molar-refractivity contribution in [2.75, 3.05) is 0 Å². The van der Waals surface area contributed by atoms with E-state index in [4.69, 9.17) is 11.6 Å². The van der Waals surface area contributed by atoms with Gasteiger partial charge in [0.25, 0.3) is 0 Å². The number of Topliss-reactive ketones (excluding diaryl/α,β-unsaturated/α-hetero) is 1. The van der Waals surface area contributed by atoms with E-state index in [2.05, 4.69) is 10.1 Å². The normalized spacial score (nSPS) is 10.7. The Labute approximate surface area is 108 Å². The highest BCUT2D eigenvalue weighted by atomic mass is 35.5. The van der Waals surface area contributed by atoms with E-state index in [1.807, 2.05) is 0 Å². The smallest absolute Gasteiger partial charge is 0.187 e. The van der Waals surface area contributed by atoms with Gasteiger partial charge in [0.2, 0.25) is 0 Å². The number of ketones is 1. The minimum absolute atomic E-state index is 0.0921. The van der Waals surface area contributed by atoms with E-state index in [9.17, 15) is 9.18 Å². The van der Waals surface area contributed by atoms with Crippen LogP contribution in [0.2, 0.25) is 5.02 Å². The van der Waals surface area contributed by atoms with Crippen LogP contribution < -0.4 is 0 Å². The van der Waals surface area contributed by atoms with Crippen LogP contribution in [0.15, 0.2) is 18.3 Å². The first kappa shape index (κ1) is 12.7. The summed E-state index contributed by atoms with van der Waals surface area (Å²) >= 11 is 6.05. The van der Waals surface area contributed by atoms with Gasteiger partial charge in [-0.25, -0.2) is 4.39 Å². The van der Waals surface area contributed by atoms with E-state index in [1.54, 1.807) is 18.7 Å². The number of carbonyl (C=O) groups excluding carboxylic acids is 1. The molecule has 0 spiro atoms. The number of carbonyl (C=O) groups is 1. The Balaban J connectivity index is 2.24. The lowest BCUT2D eigenvalue weighted by Crippen LogP contribution is -2.10. The Kier molecular flexibility index (Phi) is 3.43. The highest BCUT2D eigenvalue weighted by molar-refractivity contribution is 6.32. The highest BCUT2D eigenvalue weighted by Crippen LogP contribution is 2.20. The van der Waals surface area contributed by atoms with E-state index < -0.39 is 5.82 Å². The molecule has 0 fully saturated rings. The zero-order valence-electron chi connectivity index (χ0n) is 9.94. The molecular formula is C12H11ClFN3O. The Hall–Kier alpha value is -1.75. The number of aryl methyl sites for hydroxylation is 2. The summed E-state index contributed by atoms with van der Waals surface area (Å²) < 4.78 is 14.3. The topological polar surface area (TPSA) is 47.8 Å². The van der Waals surface area contributed by atoms with Gasteiger partial charge in [-0.2, -0.15) is 5.10 Å². The number of hydrogen-bond donors (Lipinski definition) is 0. The van der Waals surface area contributed by atoms with Crippen LogP contribution in [0.4, 0.5) is 4.39 Å². The van der Waals surface area contributed by atoms with Gasteiger partial charge in [0.15, 0.2) is 5.78 Å². The van der Waals surface area contributed by atoms with E-state index >= 15 is 0 Å². The Bertz CT molecular complexity index is 592. The van der Waals surface area contributed by atoms with Gasteiger partial charge >= 0.3 is 0 Å². The molecule has 0 saturated heterocycles. The van der Waals surface area contributed by atoms with Crippen molar-refractivity contribution in [3.05, 3.63) is 46.3 Å². The van der Waals surface area contributed by atoms with Crippen molar-refractivity contribution >= 4 is 17.4 Å². The standard InChI is InChI=1S/C12H11ClFN3O/c1-7-12(13)10(17(2)16-7)5-11(18)9-4-3-8(14)6-15-9/h3-4,6H,5H2,1-2H3. The van der Waals surface area contributed by atoms with Gasteiger partial charge in [0.05, 0.1) is 29.0 Å². The van der Waals surface area contributed by atoms with Crippen LogP contribution in [0.1, 0.15) is 21.9 Å². The molecule has 94 valence electrons. The average Bonchev–Trinajstić information content (AvgIpc) is 2.57. The lowest BCUT2D eigenvalue weighted by atomic mass is 10.1. The first-order valence-corrected chi connectivity index (χ1v) is 5.69. The number of rotatable bonds is 3. The molecule has 4 nitrogen and oxygen atoms in total. The molecule has 18 heavy (non-hydrogen) atoms. The molecule has 2 heterocycles. The minimum Gasteiger partial charge on any atom is -0.292 e. The van der Waals surface area contributed by atoms with Crippen LogP contribution >= 0.6 is 11.6 Å². The summed E-state index contributed by atoms with van der Waals surface area (Å²) in [5.41, 5.74) is 1.52. The molecule has 0 N–H and O–H groups in total. The maximum atomic E-state index is 12.7. The zero-order chi connectivity index (χ0) is 13.3. The van der Waals surface area contributed by atoms with Gasteiger partial charge in [0.1, 0.15) is 11.5 Å². The second kappa shape index (κ2) is 4.86. The molecule has 0 unspecified atom stereocenters. The second-order valence-electron chi connectivity index (χ2n) is 3.93. The molecule has 0 atom stereocenters. The van der Waals surface area contributed by atoms with E-state index in [-0.39, 0.29) is 17.9 Å². The summed E-state index contributed by atoms with van der Waals surface area (Å²) in [6.45, 7) is 1.77. The predicted octanol–water partition coefficient (Wildman–Crippen LogP) is 2.34. The molecule has 0 aliphatic heterocycles. The maximum absolute atomic E-state index is 12.7. The van der Waals surface area contributed by atoms with Crippen LogP contribution in [0.5, 0.6) is 0 Å². The molecule has 2 aromatic heterocycles. The monoisotopic (exact) mass is 267 g/mol. The van der Waals surface area contributed by atoms with Gasteiger partial charge in [0, 0.05) is 7.05 Å². The molecular weight excluding hydrogens is 257 g/mol. The summed E-state index contributed by atoms with van der Waals surface area (Å²) in [6, 6.07) is 2.56. The SMILES string of the molecule is Cc1nn(C)c(CC(=O)c2ccc(F)cn2)c1Cl. The van der Waals surface area contributed by atoms with Crippen LogP contribution in [-0.4, -0.2) is 20.5 Å². The van der Waals surface area contributed by atoms with Crippen LogP contribution in [0, 0.1) is 12.7 Å². The fraction of sp³-hybridized carbons (Fsp3) is 0.250. The lowest BCUT2D eigenvalue weighted by Gasteiger charge is -2.02. The van der Waals surface area contributed by atoms with Crippen molar-refractivity contribution in [3.8, 4) is 0 Å². The van der Waals surface area contributed by atoms with Gasteiger partial charge < -0.3 is 0 Å². The molecule has 6 heteroatoms. The summed E-state index contributed by atoms with van der Waals surface area (Å²) in [7, 11) is 1.72. The Morgan fingerprint density at radius 1 is 1.50 bits per heavy atom. The first-order valence-electron chi connectivity index (χ1n) is 5.31. The van der Waals surface area contributed by atoms with Gasteiger partial charge in [-0.15, -0.1) is 0 Å². The van der Waals surface area contributed by atoms with Crippen molar-refractivity contribution < 1.29 is 9.18 Å². The molecule has 0 saturated carbocycles. The summed E-state index contributed by atoms with van der Waals surface area (Å²) in [5, 5.41) is 4.60. The zero-order valence-corrected chi connectivity index (χ0v) is 10.7. The minimum atomic E-state index is -0.471. The Morgan fingerprint density at radius 3 is 2.72 bits per heavy atom. The first-order chi connectivity index (χ1) is 8.49. The number of halogens is 2. The molecule has 0 amide bonds. The summed E-state index contributed by atoms with van der Waals surface area (Å²) in [6.07, 6.45) is 1.11. The quantitative estimate of drug-likeness (QED) is 0.802. The molecule has 2 rings (SSSR count). The molecule has 0 aromatic carbocycles. The fourth-order valence-corrected chi connectivity index (χ4v) is 1.88. The summed E-state index contributed by atoms with van der Waals surface area (Å²) in [5.74, 6) is -0.694. The Morgan fingerprint density at radius 2 is 2.22 bits per heavy atom. The molecule has 0 bridgehead atoms. The molecule has 0 radical (unpaired) electrons. The lowest BCUT2D eigenvalue weighted by molar-refractivity contribution is 0.0986. The van der Waals surface area contributed by atoms with Crippen LogP contribution in [0.25, 0.3) is 0 Å². The highest BCUT2D eigenvalue weighted by Gasteiger charge is 2.16. The van der Waals surface area contributed by atoms with Gasteiger partial charge in [-0.3, -0.25) is 14.5 Å². The second-order valence-corrected chi connectivity index (χ2v) is 4.31. The third-order valence-corrected chi connectivity index (χ3v) is 3.09. The number of pyridine rings is 1. The van der Waals surface area contributed by atoms with Crippen molar-refractivity contribution in [2.45, 2.75) is 13.3 Å².